The smallest absolute Gasteiger partial charge is 0.295 e. The number of benzene rings is 2. The first-order chi connectivity index (χ1) is 11.4. The number of nitrogens with zero attached hydrogens (tertiary/aromatic N) is 2. The van der Waals surface area contributed by atoms with Crippen LogP contribution in [0.25, 0.3) is 0 Å². The molecule has 0 radical (unpaired) electrons. The zero-order valence-electron chi connectivity index (χ0n) is 13.4. The lowest BCUT2D eigenvalue weighted by molar-refractivity contribution is -0.384. The minimum atomic E-state index is -0.993. The highest BCUT2D eigenvalue weighted by atomic mass is 35.5. The van der Waals surface area contributed by atoms with Gasteiger partial charge in [-0.25, -0.2) is 0 Å². The van der Waals surface area contributed by atoms with E-state index in [1.165, 1.54) is 0 Å². The SMILES string of the molecule is Cc1cccc(N2CCC(O)(c3ccccc3Cl)CC2)c1[N+](=O)[O-]. The minimum absolute atomic E-state index is 0.140. The Morgan fingerprint density at radius 1 is 1.17 bits per heavy atom. The predicted octanol–water partition coefficient (Wildman–Crippen LogP) is 4.04. The Balaban J connectivity index is 1.85. The summed E-state index contributed by atoms with van der Waals surface area (Å²) in [5.41, 5.74) is 1.13. The lowest BCUT2D eigenvalue weighted by atomic mass is 9.84. The number of hydrogen-bond acceptors (Lipinski definition) is 4. The van der Waals surface area contributed by atoms with Crippen molar-refractivity contribution in [2.24, 2.45) is 0 Å². The lowest BCUT2D eigenvalue weighted by Crippen LogP contribution is -2.43. The Hall–Kier alpha value is -2.11. The van der Waals surface area contributed by atoms with Crippen molar-refractivity contribution in [1.29, 1.82) is 0 Å². The van der Waals surface area contributed by atoms with Crippen LogP contribution in [0, 0.1) is 17.0 Å². The second kappa shape index (κ2) is 6.42. The standard InChI is InChI=1S/C18H19ClN2O3/c1-13-5-4-8-16(17(13)21(23)24)20-11-9-18(22,10-12-20)14-6-2-3-7-15(14)19/h2-8,22H,9-12H2,1H3. The molecule has 0 aliphatic carbocycles. The zero-order valence-corrected chi connectivity index (χ0v) is 14.2. The average molecular weight is 347 g/mol. The van der Waals surface area contributed by atoms with Gasteiger partial charge in [-0.2, -0.15) is 0 Å². The number of anilines is 1. The maximum atomic E-state index is 11.4. The lowest BCUT2D eigenvalue weighted by Gasteiger charge is -2.39. The third kappa shape index (κ3) is 2.97. The molecule has 1 heterocycles. The Morgan fingerprint density at radius 2 is 1.83 bits per heavy atom. The van der Waals surface area contributed by atoms with Gasteiger partial charge in [0.1, 0.15) is 5.69 Å². The first-order valence-corrected chi connectivity index (χ1v) is 8.26. The number of nitro benzene ring substituents is 1. The van der Waals surface area contributed by atoms with E-state index in [1.54, 1.807) is 25.1 Å². The van der Waals surface area contributed by atoms with Crippen LogP contribution in [0.15, 0.2) is 42.5 Å². The number of halogens is 1. The van der Waals surface area contributed by atoms with Crippen molar-refractivity contribution >= 4 is 23.0 Å². The van der Waals surface area contributed by atoms with E-state index >= 15 is 0 Å². The van der Waals surface area contributed by atoms with E-state index in [0.29, 0.717) is 42.2 Å². The Bertz CT molecular complexity index is 771. The average Bonchev–Trinajstić information content (AvgIpc) is 2.55. The summed E-state index contributed by atoms with van der Waals surface area (Å²) in [6, 6.07) is 12.6. The predicted molar refractivity (Wildman–Crippen MR) is 94.6 cm³/mol. The highest BCUT2D eigenvalue weighted by Gasteiger charge is 2.37. The molecule has 6 heteroatoms. The summed E-state index contributed by atoms with van der Waals surface area (Å²) < 4.78 is 0. The summed E-state index contributed by atoms with van der Waals surface area (Å²) >= 11 is 6.23. The fourth-order valence-electron chi connectivity index (χ4n) is 3.36. The molecule has 24 heavy (non-hydrogen) atoms. The van der Waals surface area contributed by atoms with Crippen molar-refractivity contribution in [2.45, 2.75) is 25.4 Å². The molecule has 0 bridgehead atoms. The molecule has 1 saturated heterocycles. The molecule has 126 valence electrons. The van der Waals surface area contributed by atoms with Gasteiger partial charge in [-0.1, -0.05) is 41.9 Å². The van der Waals surface area contributed by atoms with Crippen molar-refractivity contribution in [2.75, 3.05) is 18.0 Å². The summed E-state index contributed by atoms with van der Waals surface area (Å²) in [5, 5.41) is 22.9. The Kier molecular flexibility index (Phi) is 4.47. The molecule has 1 fully saturated rings. The molecule has 1 aliphatic heterocycles. The third-order valence-corrected chi connectivity index (χ3v) is 5.04. The summed E-state index contributed by atoms with van der Waals surface area (Å²) in [7, 11) is 0. The van der Waals surface area contributed by atoms with Crippen LogP contribution in [-0.4, -0.2) is 23.1 Å². The molecule has 1 N–H and O–H groups in total. The molecule has 0 saturated carbocycles. The molecule has 2 aromatic carbocycles. The van der Waals surface area contributed by atoms with Gasteiger partial charge in [-0.15, -0.1) is 0 Å². The topological polar surface area (TPSA) is 66.6 Å². The summed E-state index contributed by atoms with van der Waals surface area (Å²) in [5.74, 6) is 0. The second-order valence-corrected chi connectivity index (χ2v) is 6.61. The van der Waals surface area contributed by atoms with Gasteiger partial charge in [0.05, 0.1) is 10.5 Å². The van der Waals surface area contributed by atoms with Crippen LogP contribution in [0.5, 0.6) is 0 Å². The normalized spacial score (nSPS) is 16.9. The molecule has 3 rings (SSSR count). The quantitative estimate of drug-likeness (QED) is 0.672. The molecule has 0 unspecified atom stereocenters. The van der Waals surface area contributed by atoms with Gasteiger partial charge in [0, 0.05) is 29.2 Å². The van der Waals surface area contributed by atoms with Crippen LogP contribution in [0.4, 0.5) is 11.4 Å². The number of aliphatic hydroxyl groups is 1. The van der Waals surface area contributed by atoms with E-state index in [2.05, 4.69) is 0 Å². The summed E-state index contributed by atoms with van der Waals surface area (Å²) in [6.07, 6.45) is 0.948. The van der Waals surface area contributed by atoms with Gasteiger partial charge < -0.3 is 10.0 Å². The number of rotatable bonds is 3. The monoisotopic (exact) mass is 346 g/mol. The Morgan fingerprint density at radius 3 is 2.46 bits per heavy atom. The van der Waals surface area contributed by atoms with Gasteiger partial charge in [0.15, 0.2) is 0 Å². The minimum Gasteiger partial charge on any atom is -0.385 e. The van der Waals surface area contributed by atoms with Gasteiger partial charge in [0.2, 0.25) is 0 Å². The van der Waals surface area contributed by atoms with Crippen molar-refractivity contribution in [3.63, 3.8) is 0 Å². The number of nitro groups is 1. The van der Waals surface area contributed by atoms with Crippen molar-refractivity contribution in [3.8, 4) is 0 Å². The largest absolute Gasteiger partial charge is 0.385 e. The summed E-state index contributed by atoms with van der Waals surface area (Å²) in [4.78, 5) is 13.0. The van der Waals surface area contributed by atoms with E-state index in [1.807, 2.05) is 29.2 Å². The zero-order chi connectivity index (χ0) is 17.3. The molecule has 1 aliphatic rings. The number of piperidine rings is 1. The third-order valence-electron chi connectivity index (χ3n) is 4.71. The first kappa shape index (κ1) is 16.7. The van der Waals surface area contributed by atoms with Gasteiger partial charge >= 0.3 is 0 Å². The number of hydrogen-bond donors (Lipinski definition) is 1. The van der Waals surface area contributed by atoms with E-state index < -0.39 is 5.60 Å². The molecule has 0 atom stereocenters. The number of para-hydroxylation sites is 1. The molecule has 0 amide bonds. The van der Waals surface area contributed by atoms with E-state index in [9.17, 15) is 15.2 Å². The van der Waals surface area contributed by atoms with Crippen LogP contribution >= 0.6 is 11.6 Å². The van der Waals surface area contributed by atoms with Crippen LogP contribution in [0.1, 0.15) is 24.0 Å². The number of aryl methyl sites for hydroxylation is 1. The molecular weight excluding hydrogens is 328 g/mol. The molecule has 5 nitrogen and oxygen atoms in total. The van der Waals surface area contributed by atoms with Gasteiger partial charge in [-0.05, 0) is 31.9 Å². The van der Waals surface area contributed by atoms with Crippen LogP contribution in [0.3, 0.4) is 0 Å². The Labute approximate surface area is 145 Å². The van der Waals surface area contributed by atoms with Crippen molar-refractivity contribution in [3.05, 3.63) is 68.7 Å². The maximum Gasteiger partial charge on any atom is 0.295 e. The highest BCUT2D eigenvalue weighted by Crippen LogP contribution is 2.40. The molecule has 0 spiro atoms. The van der Waals surface area contributed by atoms with E-state index in [-0.39, 0.29) is 10.6 Å². The van der Waals surface area contributed by atoms with Crippen LogP contribution < -0.4 is 4.90 Å². The second-order valence-electron chi connectivity index (χ2n) is 6.20. The van der Waals surface area contributed by atoms with E-state index in [0.717, 1.165) is 5.56 Å². The van der Waals surface area contributed by atoms with Crippen molar-refractivity contribution in [1.82, 2.24) is 0 Å². The molecule has 2 aromatic rings. The fraction of sp³-hybridized carbons (Fsp3) is 0.333. The molecular formula is C18H19ClN2O3. The van der Waals surface area contributed by atoms with Gasteiger partial charge in [-0.3, -0.25) is 10.1 Å². The molecule has 0 aromatic heterocycles. The van der Waals surface area contributed by atoms with Crippen LogP contribution in [0.2, 0.25) is 5.02 Å². The fourth-order valence-corrected chi connectivity index (χ4v) is 3.67. The summed E-state index contributed by atoms with van der Waals surface area (Å²) in [6.45, 7) is 2.81. The van der Waals surface area contributed by atoms with Crippen molar-refractivity contribution < 1.29 is 10.0 Å². The maximum absolute atomic E-state index is 11.4. The highest BCUT2D eigenvalue weighted by molar-refractivity contribution is 6.31. The first-order valence-electron chi connectivity index (χ1n) is 7.89. The van der Waals surface area contributed by atoms with Gasteiger partial charge in [0.25, 0.3) is 5.69 Å². The van der Waals surface area contributed by atoms with E-state index in [4.69, 9.17) is 11.6 Å². The van der Waals surface area contributed by atoms with Crippen LogP contribution in [-0.2, 0) is 5.60 Å².